The average molecular weight is 301 g/mol. The molecule has 94 valence electrons. The molecule has 3 nitrogen and oxygen atoms in total. The number of carbonyl (C=O) groups is 1. The number of ether oxygens (including phenoxy) is 2. The van der Waals surface area contributed by atoms with Crippen LogP contribution in [0.1, 0.15) is 19.4 Å². The van der Waals surface area contributed by atoms with Gasteiger partial charge in [0.05, 0.1) is 0 Å². The van der Waals surface area contributed by atoms with Crippen molar-refractivity contribution in [2.45, 2.75) is 26.6 Å². The summed E-state index contributed by atoms with van der Waals surface area (Å²) in [4.78, 5) is 11.9. The van der Waals surface area contributed by atoms with Gasteiger partial charge in [0.2, 0.25) is 6.29 Å². The van der Waals surface area contributed by atoms with Crippen LogP contribution in [0.2, 0.25) is 0 Å². The lowest BCUT2D eigenvalue weighted by atomic mass is 10.1. The van der Waals surface area contributed by atoms with Gasteiger partial charge in [0, 0.05) is 24.1 Å². The zero-order valence-corrected chi connectivity index (χ0v) is 11.7. The molecule has 0 bridgehead atoms. The third-order valence-corrected chi connectivity index (χ3v) is 2.72. The maximum atomic E-state index is 11.9. The Labute approximate surface area is 110 Å². The van der Waals surface area contributed by atoms with Gasteiger partial charge in [-0.25, -0.2) is 0 Å². The van der Waals surface area contributed by atoms with E-state index in [0.29, 0.717) is 19.6 Å². The number of carbonyl (C=O) groups excluding carboxylic acids is 1. The summed E-state index contributed by atoms with van der Waals surface area (Å²) < 4.78 is 11.5. The molecule has 0 N–H and O–H groups in total. The van der Waals surface area contributed by atoms with Gasteiger partial charge >= 0.3 is 0 Å². The van der Waals surface area contributed by atoms with Crippen LogP contribution in [0, 0.1) is 0 Å². The molecule has 0 spiro atoms. The van der Waals surface area contributed by atoms with Crippen molar-refractivity contribution in [2.75, 3.05) is 13.2 Å². The molecule has 1 aromatic rings. The highest BCUT2D eigenvalue weighted by Crippen LogP contribution is 2.12. The van der Waals surface area contributed by atoms with Crippen LogP contribution in [0.3, 0.4) is 0 Å². The molecular weight excluding hydrogens is 284 g/mol. The van der Waals surface area contributed by atoms with Gasteiger partial charge in [0.15, 0.2) is 5.78 Å². The topological polar surface area (TPSA) is 35.5 Å². The zero-order chi connectivity index (χ0) is 12.7. The number of halogens is 1. The fourth-order valence-electron chi connectivity index (χ4n) is 1.42. The molecule has 0 atom stereocenters. The van der Waals surface area contributed by atoms with Crippen molar-refractivity contribution in [3.05, 3.63) is 34.3 Å². The van der Waals surface area contributed by atoms with Gasteiger partial charge in [0.1, 0.15) is 0 Å². The summed E-state index contributed by atoms with van der Waals surface area (Å²) in [5.41, 5.74) is 0.961. The minimum Gasteiger partial charge on any atom is -0.346 e. The molecule has 0 aliphatic rings. The number of ketones is 1. The first-order valence-electron chi connectivity index (χ1n) is 5.67. The Morgan fingerprint density at radius 1 is 1.18 bits per heavy atom. The normalized spacial score (nSPS) is 10.8. The molecule has 0 aliphatic heterocycles. The predicted molar refractivity (Wildman–Crippen MR) is 69.9 cm³/mol. The smallest absolute Gasteiger partial charge is 0.218 e. The molecule has 0 fully saturated rings. The summed E-state index contributed by atoms with van der Waals surface area (Å²) in [6, 6.07) is 7.66. The molecule has 0 heterocycles. The molecule has 17 heavy (non-hydrogen) atoms. The quantitative estimate of drug-likeness (QED) is 0.726. The highest BCUT2D eigenvalue weighted by molar-refractivity contribution is 9.10. The first-order valence-corrected chi connectivity index (χ1v) is 6.47. The molecule has 1 rings (SSSR count). The number of Topliss-reactive ketones (excluding diaryl/α,β-unsaturated/α-hetero) is 1. The maximum absolute atomic E-state index is 11.9. The lowest BCUT2D eigenvalue weighted by molar-refractivity contribution is -0.167. The summed E-state index contributed by atoms with van der Waals surface area (Å²) in [5, 5.41) is 0. The molecule has 0 aromatic heterocycles. The fourth-order valence-corrected chi connectivity index (χ4v) is 1.69. The summed E-state index contributed by atoms with van der Waals surface area (Å²) in [5.74, 6) is -0.0453. The highest BCUT2D eigenvalue weighted by Gasteiger charge is 2.18. The van der Waals surface area contributed by atoms with Crippen molar-refractivity contribution in [2.24, 2.45) is 0 Å². The van der Waals surface area contributed by atoms with Crippen molar-refractivity contribution < 1.29 is 14.3 Å². The standard InChI is InChI=1S/C13H17BrO3/c1-3-16-13(17-4-2)12(15)9-10-5-7-11(14)8-6-10/h5-8,13H,3-4,9H2,1-2H3. The summed E-state index contributed by atoms with van der Waals surface area (Å²) >= 11 is 3.36. The van der Waals surface area contributed by atoms with E-state index >= 15 is 0 Å². The van der Waals surface area contributed by atoms with Crippen LogP contribution < -0.4 is 0 Å². The SMILES string of the molecule is CCOC(OCC)C(=O)Cc1ccc(Br)cc1. The average Bonchev–Trinajstić information content (AvgIpc) is 2.32. The van der Waals surface area contributed by atoms with Crippen LogP contribution in [0.4, 0.5) is 0 Å². The van der Waals surface area contributed by atoms with Crippen LogP contribution in [-0.2, 0) is 20.7 Å². The second-order valence-corrected chi connectivity index (χ2v) is 4.43. The van der Waals surface area contributed by atoms with Crippen molar-refractivity contribution in [1.82, 2.24) is 0 Å². The van der Waals surface area contributed by atoms with Gasteiger partial charge in [0.25, 0.3) is 0 Å². The third-order valence-electron chi connectivity index (χ3n) is 2.19. The van der Waals surface area contributed by atoms with E-state index in [1.807, 2.05) is 38.1 Å². The fraction of sp³-hybridized carbons (Fsp3) is 0.462. The van der Waals surface area contributed by atoms with E-state index in [1.54, 1.807) is 0 Å². The first kappa shape index (κ1) is 14.4. The van der Waals surface area contributed by atoms with Crippen LogP contribution in [0.15, 0.2) is 28.7 Å². The minimum atomic E-state index is -0.742. The molecule has 0 aliphatic carbocycles. The van der Waals surface area contributed by atoms with Gasteiger partial charge in [-0.1, -0.05) is 28.1 Å². The van der Waals surface area contributed by atoms with Crippen molar-refractivity contribution in [1.29, 1.82) is 0 Å². The molecule has 0 amide bonds. The molecule has 0 radical (unpaired) electrons. The van der Waals surface area contributed by atoms with Crippen molar-refractivity contribution >= 4 is 21.7 Å². The van der Waals surface area contributed by atoms with Gasteiger partial charge in [-0.05, 0) is 31.5 Å². The van der Waals surface area contributed by atoms with E-state index in [0.717, 1.165) is 10.0 Å². The Balaban J connectivity index is 2.59. The minimum absolute atomic E-state index is 0.0453. The van der Waals surface area contributed by atoms with E-state index in [9.17, 15) is 4.79 Å². The second kappa shape index (κ2) is 7.58. The third kappa shape index (κ3) is 4.98. The summed E-state index contributed by atoms with van der Waals surface area (Å²) in [7, 11) is 0. The van der Waals surface area contributed by atoms with Gasteiger partial charge in [-0.2, -0.15) is 0 Å². The number of hydrogen-bond donors (Lipinski definition) is 0. The van der Waals surface area contributed by atoms with Crippen molar-refractivity contribution in [3.63, 3.8) is 0 Å². The Morgan fingerprint density at radius 2 is 1.71 bits per heavy atom. The van der Waals surface area contributed by atoms with Crippen LogP contribution in [-0.4, -0.2) is 25.3 Å². The molecule has 4 heteroatoms. The monoisotopic (exact) mass is 300 g/mol. The zero-order valence-electron chi connectivity index (χ0n) is 10.1. The van der Waals surface area contributed by atoms with Crippen LogP contribution in [0.25, 0.3) is 0 Å². The summed E-state index contributed by atoms with van der Waals surface area (Å²) in [6.45, 7) is 4.63. The van der Waals surface area contributed by atoms with E-state index in [2.05, 4.69) is 15.9 Å². The van der Waals surface area contributed by atoms with E-state index in [1.165, 1.54) is 0 Å². The highest BCUT2D eigenvalue weighted by atomic mass is 79.9. The number of benzene rings is 1. The largest absolute Gasteiger partial charge is 0.346 e. The Hall–Kier alpha value is -0.710. The van der Waals surface area contributed by atoms with E-state index < -0.39 is 6.29 Å². The Morgan fingerprint density at radius 3 is 2.18 bits per heavy atom. The molecule has 1 aromatic carbocycles. The predicted octanol–water partition coefficient (Wildman–Crippen LogP) is 2.96. The van der Waals surface area contributed by atoms with E-state index in [4.69, 9.17) is 9.47 Å². The number of hydrogen-bond acceptors (Lipinski definition) is 3. The Kier molecular flexibility index (Phi) is 6.40. The van der Waals surface area contributed by atoms with Gasteiger partial charge in [-0.15, -0.1) is 0 Å². The van der Waals surface area contributed by atoms with Crippen LogP contribution >= 0.6 is 15.9 Å². The molecule has 0 saturated heterocycles. The second-order valence-electron chi connectivity index (χ2n) is 3.51. The van der Waals surface area contributed by atoms with E-state index in [-0.39, 0.29) is 5.78 Å². The van der Waals surface area contributed by atoms with Crippen LogP contribution in [0.5, 0.6) is 0 Å². The first-order chi connectivity index (χ1) is 8.17. The van der Waals surface area contributed by atoms with Gasteiger partial charge < -0.3 is 9.47 Å². The maximum Gasteiger partial charge on any atom is 0.218 e. The lowest BCUT2D eigenvalue weighted by Crippen LogP contribution is -2.29. The molecule has 0 unspecified atom stereocenters. The lowest BCUT2D eigenvalue weighted by Gasteiger charge is -2.15. The molecular formula is C13H17BrO3. The van der Waals surface area contributed by atoms with Crippen molar-refractivity contribution in [3.8, 4) is 0 Å². The Bertz CT molecular complexity index is 342. The number of rotatable bonds is 7. The molecule has 0 saturated carbocycles. The summed E-state index contributed by atoms with van der Waals surface area (Å²) in [6.07, 6.45) is -0.411. The van der Waals surface area contributed by atoms with Gasteiger partial charge in [-0.3, -0.25) is 4.79 Å².